The Morgan fingerprint density at radius 3 is 2.71 bits per heavy atom. The van der Waals surface area contributed by atoms with E-state index in [1.807, 2.05) is 30.3 Å². The van der Waals surface area contributed by atoms with Crippen molar-refractivity contribution in [3.63, 3.8) is 0 Å². The molecule has 0 aliphatic carbocycles. The average molecular weight is 361 g/mol. The smallest absolute Gasteiger partial charge is 0.650 e. The van der Waals surface area contributed by atoms with Gasteiger partial charge in [0.1, 0.15) is 0 Å². The van der Waals surface area contributed by atoms with Gasteiger partial charge >= 0.3 is 22.4 Å². The van der Waals surface area contributed by atoms with Crippen molar-refractivity contribution in [2.45, 2.75) is 6.61 Å². The molecule has 7 heteroatoms. The SMILES string of the molecule is Nn1ccc2n[c-]cnc21.O=[C-]OCc1ccccc1.[Nb+2]. The molecule has 0 bridgehead atoms. The number of nitrogens with zero attached hydrogens (tertiary/aromatic N) is 3. The fourth-order valence-electron chi connectivity index (χ4n) is 1.52. The molecular weight excluding hydrogens is 349 g/mol. The third kappa shape index (κ3) is 5.03. The van der Waals surface area contributed by atoms with Crippen LogP contribution in [0.5, 0.6) is 0 Å². The molecule has 2 aromatic heterocycles. The number of benzene rings is 1. The van der Waals surface area contributed by atoms with Crippen molar-refractivity contribution in [1.29, 1.82) is 0 Å². The van der Waals surface area contributed by atoms with Crippen LogP contribution in [-0.2, 0) is 38.5 Å². The van der Waals surface area contributed by atoms with Crippen LogP contribution in [0.2, 0.25) is 0 Å². The van der Waals surface area contributed by atoms with Gasteiger partial charge in [-0.2, -0.15) is 0 Å². The van der Waals surface area contributed by atoms with Crippen molar-refractivity contribution in [1.82, 2.24) is 14.6 Å². The van der Waals surface area contributed by atoms with Gasteiger partial charge in [0.05, 0.1) is 12.3 Å². The van der Waals surface area contributed by atoms with E-state index in [0.29, 0.717) is 12.3 Å². The molecule has 3 rings (SSSR count). The molecule has 0 atom stereocenters. The van der Waals surface area contributed by atoms with Crippen LogP contribution >= 0.6 is 0 Å². The van der Waals surface area contributed by atoms with E-state index in [1.165, 1.54) is 17.3 Å². The topological polar surface area (TPSA) is 83.0 Å². The molecule has 0 aliphatic heterocycles. The molecule has 2 N–H and O–H groups in total. The summed E-state index contributed by atoms with van der Waals surface area (Å²) in [4.78, 5) is 17.5. The molecule has 0 amide bonds. The van der Waals surface area contributed by atoms with Crippen LogP contribution in [0.3, 0.4) is 0 Å². The molecule has 105 valence electrons. The fraction of sp³-hybridized carbons (Fsp3) is 0.0714. The summed E-state index contributed by atoms with van der Waals surface area (Å²) in [6.45, 7) is 1.68. The first-order chi connectivity index (χ1) is 9.81. The largest absolute Gasteiger partial charge is 2.00 e. The van der Waals surface area contributed by atoms with Crippen LogP contribution in [0.25, 0.3) is 11.2 Å². The van der Waals surface area contributed by atoms with Gasteiger partial charge in [0.25, 0.3) is 0 Å². The molecule has 0 saturated heterocycles. The second kappa shape index (κ2) is 8.91. The van der Waals surface area contributed by atoms with Crippen LogP contribution in [-0.4, -0.2) is 21.1 Å². The predicted octanol–water partition coefficient (Wildman–Crippen LogP) is 1.21. The van der Waals surface area contributed by atoms with Crippen LogP contribution < -0.4 is 5.84 Å². The molecule has 0 unspecified atom stereocenters. The van der Waals surface area contributed by atoms with Crippen molar-refractivity contribution >= 4 is 17.6 Å². The van der Waals surface area contributed by atoms with Crippen molar-refractivity contribution in [3.05, 3.63) is 60.6 Å². The van der Waals surface area contributed by atoms with Gasteiger partial charge in [-0.15, -0.1) is 6.20 Å². The second-order valence-corrected chi connectivity index (χ2v) is 3.79. The molecule has 1 aromatic carbocycles. The minimum Gasteiger partial charge on any atom is -0.650 e. The summed E-state index contributed by atoms with van der Waals surface area (Å²) in [6.07, 6.45) is 5.82. The summed E-state index contributed by atoms with van der Waals surface area (Å²) >= 11 is 0. The summed E-state index contributed by atoms with van der Waals surface area (Å²) < 4.78 is 5.84. The zero-order valence-corrected chi connectivity index (χ0v) is 13.2. The Hall–Kier alpha value is -2.15. The standard InChI is InChI=1S/C8H7O2.C6H5N4.Nb/c9-7-10-6-8-4-2-1-3-5-8;7-10-4-1-5-6(10)9-3-2-8-5;/h1-5H,6H2;1,3-4H,7H2;/q2*-1;+2. The number of carbonyl (C=O) groups excluding carboxylic acids is 1. The van der Waals surface area contributed by atoms with E-state index in [0.717, 1.165) is 11.1 Å². The van der Waals surface area contributed by atoms with Crippen LogP contribution in [0.15, 0.2) is 48.8 Å². The van der Waals surface area contributed by atoms with Crippen molar-refractivity contribution in [2.24, 2.45) is 0 Å². The molecule has 0 saturated carbocycles. The van der Waals surface area contributed by atoms with Gasteiger partial charge in [-0.25, -0.2) is 0 Å². The van der Waals surface area contributed by atoms with Gasteiger partial charge in [0.2, 0.25) is 0 Å². The van der Waals surface area contributed by atoms with E-state index in [9.17, 15) is 4.79 Å². The number of hydrogen-bond acceptors (Lipinski definition) is 5. The fourth-order valence-corrected chi connectivity index (χ4v) is 1.52. The van der Waals surface area contributed by atoms with E-state index in [1.54, 1.807) is 12.3 Å². The van der Waals surface area contributed by atoms with Crippen molar-refractivity contribution < 1.29 is 31.9 Å². The Kier molecular flexibility index (Phi) is 7.17. The molecule has 21 heavy (non-hydrogen) atoms. The summed E-state index contributed by atoms with van der Waals surface area (Å²) in [7, 11) is 0. The summed E-state index contributed by atoms with van der Waals surface area (Å²) in [5.74, 6) is 5.48. The monoisotopic (exact) mass is 361 g/mol. The first-order valence-electron chi connectivity index (χ1n) is 5.79. The Labute approximate surface area is 137 Å². The number of nitrogen functional groups attached to an aromatic ring is 1. The maximum atomic E-state index is 9.63. The Bertz CT molecular complexity index is 673. The van der Waals surface area contributed by atoms with E-state index in [-0.39, 0.29) is 22.4 Å². The molecule has 1 radical (unpaired) electrons. The Morgan fingerprint density at radius 2 is 2.05 bits per heavy atom. The average Bonchev–Trinajstić information content (AvgIpc) is 2.89. The van der Waals surface area contributed by atoms with Gasteiger partial charge in [0, 0.05) is 6.20 Å². The van der Waals surface area contributed by atoms with Gasteiger partial charge in [-0.05, 0) is 17.3 Å². The number of hydrogen-bond donors (Lipinski definition) is 1. The quantitative estimate of drug-likeness (QED) is 0.431. The van der Waals surface area contributed by atoms with Gasteiger partial charge in [-0.1, -0.05) is 42.9 Å². The first-order valence-corrected chi connectivity index (χ1v) is 5.79. The van der Waals surface area contributed by atoms with Crippen LogP contribution in [0, 0.1) is 6.20 Å². The van der Waals surface area contributed by atoms with Crippen LogP contribution in [0.4, 0.5) is 0 Å². The van der Waals surface area contributed by atoms with Gasteiger partial charge in [-0.3, -0.25) is 9.66 Å². The van der Waals surface area contributed by atoms with Crippen molar-refractivity contribution in [3.8, 4) is 0 Å². The molecule has 3 aromatic rings. The van der Waals surface area contributed by atoms with Crippen LogP contribution in [0.1, 0.15) is 5.56 Å². The van der Waals surface area contributed by atoms with Gasteiger partial charge < -0.3 is 20.4 Å². The third-order valence-electron chi connectivity index (χ3n) is 2.44. The zero-order chi connectivity index (χ0) is 14.2. The second-order valence-electron chi connectivity index (χ2n) is 3.79. The molecule has 6 nitrogen and oxygen atoms in total. The van der Waals surface area contributed by atoms with E-state index >= 15 is 0 Å². The maximum Gasteiger partial charge on any atom is 2.00 e. The minimum absolute atomic E-state index is 0. The molecular formula is C14H12N4NbO2. The number of fused-ring (bicyclic) bond motifs is 1. The zero-order valence-electron chi connectivity index (χ0n) is 11.0. The van der Waals surface area contributed by atoms with E-state index in [2.05, 4.69) is 20.9 Å². The maximum absolute atomic E-state index is 9.63. The number of aromatic nitrogens is 3. The minimum atomic E-state index is 0. The molecule has 0 aliphatic rings. The number of ether oxygens (including phenoxy) is 1. The predicted molar refractivity (Wildman–Crippen MR) is 73.4 cm³/mol. The Balaban J connectivity index is 0.000000200. The molecule has 0 spiro atoms. The normalized spacial score (nSPS) is 9.14. The van der Waals surface area contributed by atoms with E-state index in [4.69, 9.17) is 5.84 Å². The van der Waals surface area contributed by atoms with E-state index < -0.39 is 0 Å². The number of nitrogens with two attached hydrogens (primary N) is 1. The van der Waals surface area contributed by atoms with Gasteiger partial charge in [0.15, 0.2) is 0 Å². The summed E-state index contributed by atoms with van der Waals surface area (Å²) in [6, 6.07) is 11.3. The first kappa shape index (κ1) is 16.9. The third-order valence-corrected chi connectivity index (χ3v) is 2.44. The Morgan fingerprint density at radius 1 is 1.29 bits per heavy atom. The molecule has 0 fully saturated rings. The van der Waals surface area contributed by atoms with Crippen molar-refractivity contribution in [2.75, 3.05) is 5.84 Å². The molecule has 2 heterocycles. The summed E-state index contributed by atoms with van der Waals surface area (Å²) in [5, 5.41) is 0. The number of rotatable bonds is 3. The summed E-state index contributed by atoms with van der Waals surface area (Å²) in [5.41, 5.74) is 2.43.